The van der Waals surface area contributed by atoms with Crippen molar-refractivity contribution in [3.8, 4) is 0 Å². The number of aromatic nitrogens is 2. The van der Waals surface area contributed by atoms with Gasteiger partial charge in [-0.2, -0.15) is 5.10 Å². The molecule has 2 atom stereocenters. The number of rotatable bonds is 2. The first kappa shape index (κ1) is 13.2. The van der Waals surface area contributed by atoms with Crippen LogP contribution < -0.4 is 10.6 Å². The van der Waals surface area contributed by atoms with Gasteiger partial charge in [-0.1, -0.05) is 13.8 Å². The van der Waals surface area contributed by atoms with E-state index in [-0.39, 0.29) is 0 Å². The lowest BCUT2D eigenvalue weighted by atomic mass is 9.88. The molecule has 2 rings (SSSR count). The van der Waals surface area contributed by atoms with Gasteiger partial charge in [-0.25, -0.2) is 4.68 Å². The average Bonchev–Trinajstić information content (AvgIpc) is 2.60. The number of aryl methyl sites for hydroxylation is 1. The first-order valence-electron chi connectivity index (χ1n) is 7.01. The quantitative estimate of drug-likeness (QED) is 0.878. The SMILES string of the molecule is Cc1nn(C(C)C)c(N2CCC(C)C(C)C2)c1N. The highest BCUT2D eigenvalue weighted by atomic mass is 15.4. The maximum atomic E-state index is 6.23. The summed E-state index contributed by atoms with van der Waals surface area (Å²) in [6.45, 7) is 13.2. The third-order valence-corrected chi connectivity index (χ3v) is 4.23. The van der Waals surface area contributed by atoms with E-state index in [9.17, 15) is 0 Å². The van der Waals surface area contributed by atoms with Crippen LogP contribution in [0.4, 0.5) is 11.5 Å². The van der Waals surface area contributed by atoms with Gasteiger partial charge in [0.2, 0.25) is 0 Å². The molecule has 1 saturated heterocycles. The topological polar surface area (TPSA) is 47.1 Å². The summed E-state index contributed by atoms with van der Waals surface area (Å²) in [6.07, 6.45) is 1.24. The van der Waals surface area contributed by atoms with Crippen LogP contribution in [-0.4, -0.2) is 22.9 Å². The van der Waals surface area contributed by atoms with E-state index in [1.807, 2.05) is 6.92 Å². The van der Waals surface area contributed by atoms with Crippen LogP contribution in [0, 0.1) is 18.8 Å². The number of hydrogen-bond acceptors (Lipinski definition) is 3. The Balaban J connectivity index is 2.33. The third-order valence-electron chi connectivity index (χ3n) is 4.23. The van der Waals surface area contributed by atoms with Crippen LogP contribution in [0.5, 0.6) is 0 Å². The van der Waals surface area contributed by atoms with Crippen LogP contribution in [0.3, 0.4) is 0 Å². The zero-order valence-corrected chi connectivity index (χ0v) is 12.3. The predicted molar refractivity (Wildman–Crippen MR) is 76.9 cm³/mol. The van der Waals surface area contributed by atoms with Crippen molar-refractivity contribution in [2.24, 2.45) is 11.8 Å². The summed E-state index contributed by atoms with van der Waals surface area (Å²) in [5.74, 6) is 2.65. The van der Waals surface area contributed by atoms with Crippen LogP contribution in [0.2, 0.25) is 0 Å². The summed E-state index contributed by atoms with van der Waals surface area (Å²) in [5, 5.41) is 4.58. The molecule has 0 aliphatic carbocycles. The van der Waals surface area contributed by atoms with Gasteiger partial charge >= 0.3 is 0 Å². The van der Waals surface area contributed by atoms with E-state index >= 15 is 0 Å². The molecule has 0 spiro atoms. The highest BCUT2D eigenvalue weighted by Gasteiger charge is 2.27. The molecule has 1 aromatic heterocycles. The van der Waals surface area contributed by atoms with E-state index in [0.29, 0.717) is 12.0 Å². The van der Waals surface area contributed by atoms with Gasteiger partial charge in [-0.05, 0) is 39.0 Å². The van der Waals surface area contributed by atoms with Crippen molar-refractivity contribution < 1.29 is 0 Å². The Bertz CT molecular complexity index is 422. The summed E-state index contributed by atoms with van der Waals surface area (Å²) in [4.78, 5) is 2.42. The van der Waals surface area contributed by atoms with Crippen LogP contribution in [-0.2, 0) is 0 Å². The number of nitrogens with two attached hydrogens (primary N) is 1. The lowest BCUT2D eigenvalue weighted by Gasteiger charge is -2.37. The molecular formula is C14H26N4. The molecule has 2 heterocycles. The van der Waals surface area contributed by atoms with Crippen molar-refractivity contribution in [2.45, 2.75) is 47.1 Å². The highest BCUT2D eigenvalue weighted by Crippen LogP contribution is 2.33. The molecule has 1 fully saturated rings. The molecule has 4 nitrogen and oxygen atoms in total. The largest absolute Gasteiger partial charge is 0.394 e. The van der Waals surface area contributed by atoms with Gasteiger partial charge in [0, 0.05) is 19.1 Å². The fourth-order valence-corrected chi connectivity index (χ4v) is 2.68. The highest BCUT2D eigenvalue weighted by molar-refractivity contribution is 5.66. The average molecular weight is 250 g/mol. The lowest BCUT2D eigenvalue weighted by Crippen LogP contribution is -2.40. The lowest BCUT2D eigenvalue weighted by molar-refractivity contribution is 0.319. The Morgan fingerprint density at radius 3 is 2.50 bits per heavy atom. The maximum absolute atomic E-state index is 6.23. The minimum Gasteiger partial charge on any atom is -0.394 e. The van der Waals surface area contributed by atoms with Crippen molar-refractivity contribution in [1.29, 1.82) is 0 Å². The summed E-state index contributed by atoms with van der Waals surface area (Å²) >= 11 is 0. The first-order chi connectivity index (χ1) is 8.41. The van der Waals surface area contributed by atoms with Gasteiger partial charge < -0.3 is 10.6 Å². The van der Waals surface area contributed by atoms with E-state index in [1.165, 1.54) is 6.42 Å². The molecular weight excluding hydrogens is 224 g/mol. The monoisotopic (exact) mass is 250 g/mol. The fourth-order valence-electron chi connectivity index (χ4n) is 2.68. The van der Waals surface area contributed by atoms with Gasteiger partial charge in [0.1, 0.15) is 0 Å². The number of anilines is 2. The molecule has 4 heteroatoms. The number of hydrogen-bond donors (Lipinski definition) is 1. The van der Waals surface area contributed by atoms with Crippen molar-refractivity contribution in [2.75, 3.05) is 23.7 Å². The molecule has 102 valence electrons. The summed E-state index contributed by atoms with van der Waals surface area (Å²) < 4.78 is 2.08. The third kappa shape index (κ3) is 2.20. The van der Waals surface area contributed by atoms with Crippen LogP contribution in [0.1, 0.15) is 45.9 Å². The minimum atomic E-state index is 0.352. The van der Waals surface area contributed by atoms with E-state index in [0.717, 1.165) is 36.2 Å². The van der Waals surface area contributed by atoms with Gasteiger partial charge in [0.25, 0.3) is 0 Å². The predicted octanol–water partition coefficient (Wildman–Crippen LogP) is 2.84. The zero-order valence-electron chi connectivity index (χ0n) is 12.3. The second-order valence-electron chi connectivity index (χ2n) is 6.05. The zero-order chi connectivity index (χ0) is 13.4. The molecule has 1 aliphatic rings. The van der Waals surface area contributed by atoms with Crippen molar-refractivity contribution in [3.63, 3.8) is 0 Å². The molecule has 2 unspecified atom stereocenters. The normalized spacial score (nSPS) is 24.9. The summed E-state index contributed by atoms with van der Waals surface area (Å²) in [6, 6.07) is 0.352. The molecule has 0 amide bonds. The molecule has 0 radical (unpaired) electrons. The first-order valence-corrected chi connectivity index (χ1v) is 7.01. The van der Waals surface area contributed by atoms with E-state index in [1.54, 1.807) is 0 Å². The second-order valence-corrected chi connectivity index (χ2v) is 6.05. The molecule has 0 bridgehead atoms. The molecule has 2 N–H and O–H groups in total. The van der Waals surface area contributed by atoms with Gasteiger partial charge in [0.05, 0.1) is 11.4 Å². The fraction of sp³-hybridized carbons (Fsp3) is 0.786. The van der Waals surface area contributed by atoms with Gasteiger partial charge in [-0.3, -0.25) is 0 Å². The summed E-state index contributed by atoms with van der Waals surface area (Å²) in [7, 11) is 0. The van der Waals surface area contributed by atoms with E-state index in [2.05, 4.69) is 42.4 Å². The number of nitrogens with zero attached hydrogens (tertiary/aromatic N) is 3. The Hall–Kier alpha value is -1.19. The van der Waals surface area contributed by atoms with Crippen molar-refractivity contribution >= 4 is 11.5 Å². The van der Waals surface area contributed by atoms with Gasteiger partial charge in [0.15, 0.2) is 5.82 Å². The maximum Gasteiger partial charge on any atom is 0.150 e. The Kier molecular flexibility index (Phi) is 3.55. The van der Waals surface area contributed by atoms with Crippen molar-refractivity contribution in [1.82, 2.24) is 9.78 Å². The molecule has 1 aromatic rings. The summed E-state index contributed by atoms with van der Waals surface area (Å²) in [5.41, 5.74) is 8.03. The number of piperidine rings is 1. The Morgan fingerprint density at radius 2 is 1.94 bits per heavy atom. The minimum absolute atomic E-state index is 0.352. The van der Waals surface area contributed by atoms with Crippen molar-refractivity contribution in [3.05, 3.63) is 5.69 Å². The molecule has 18 heavy (non-hydrogen) atoms. The standard InChI is InChI=1S/C14H26N4/c1-9(2)18-14(13(15)12(5)16-18)17-7-6-10(3)11(4)8-17/h9-11H,6-8,15H2,1-5H3. The van der Waals surface area contributed by atoms with Crippen LogP contribution >= 0.6 is 0 Å². The molecule has 0 aromatic carbocycles. The Labute approximate surface area is 110 Å². The van der Waals surface area contributed by atoms with Gasteiger partial charge in [-0.15, -0.1) is 0 Å². The van der Waals surface area contributed by atoms with Crippen LogP contribution in [0.15, 0.2) is 0 Å². The smallest absolute Gasteiger partial charge is 0.150 e. The van der Waals surface area contributed by atoms with E-state index < -0.39 is 0 Å². The molecule has 0 saturated carbocycles. The number of nitrogen functional groups attached to an aromatic ring is 1. The van der Waals surface area contributed by atoms with E-state index in [4.69, 9.17) is 5.73 Å². The van der Waals surface area contributed by atoms with Crippen LogP contribution in [0.25, 0.3) is 0 Å². The molecule has 1 aliphatic heterocycles. The Morgan fingerprint density at radius 1 is 1.28 bits per heavy atom. The second kappa shape index (κ2) is 4.82.